The maximum absolute atomic E-state index is 13.0. The summed E-state index contributed by atoms with van der Waals surface area (Å²) in [7, 11) is 0. The van der Waals surface area contributed by atoms with Gasteiger partial charge in [0.1, 0.15) is 11.5 Å². The van der Waals surface area contributed by atoms with Crippen molar-refractivity contribution in [1.82, 2.24) is 25.3 Å². The quantitative estimate of drug-likeness (QED) is 0.523. The van der Waals surface area contributed by atoms with Crippen LogP contribution < -0.4 is 5.32 Å². The largest absolute Gasteiger partial charge is 0.469 e. The van der Waals surface area contributed by atoms with E-state index >= 15 is 0 Å². The first-order valence-corrected chi connectivity index (χ1v) is 9.48. The number of benzene rings is 1. The molecule has 0 bridgehead atoms. The van der Waals surface area contributed by atoms with Crippen LogP contribution in [0.25, 0.3) is 17.1 Å². The zero-order valence-corrected chi connectivity index (χ0v) is 16.0. The highest BCUT2D eigenvalue weighted by molar-refractivity contribution is 5.98. The second-order valence-electron chi connectivity index (χ2n) is 6.74. The molecule has 0 spiro atoms. The number of rotatable bonds is 7. The predicted octanol–water partition coefficient (Wildman–Crippen LogP) is 3.67. The average Bonchev–Trinajstić information content (AvgIpc) is 3.43. The van der Waals surface area contributed by atoms with Gasteiger partial charge in [0.2, 0.25) is 0 Å². The Balaban J connectivity index is 1.59. The van der Waals surface area contributed by atoms with Crippen molar-refractivity contribution >= 4 is 5.91 Å². The summed E-state index contributed by atoms with van der Waals surface area (Å²) in [6, 6.07) is 18.9. The Bertz CT molecular complexity index is 1060. The molecule has 0 saturated heterocycles. The third-order valence-electron chi connectivity index (χ3n) is 4.57. The minimum Gasteiger partial charge on any atom is -0.469 e. The van der Waals surface area contributed by atoms with Gasteiger partial charge >= 0.3 is 0 Å². The van der Waals surface area contributed by atoms with Gasteiger partial charge in [0, 0.05) is 18.7 Å². The highest BCUT2D eigenvalue weighted by Crippen LogP contribution is 2.23. The van der Waals surface area contributed by atoms with E-state index in [-0.39, 0.29) is 17.6 Å². The fourth-order valence-electron chi connectivity index (χ4n) is 3.10. The molecule has 146 valence electrons. The summed E-state index contributed by atoms with van der Waals surface area (Å²) in [6.45, 7) is 1.96. The first kappa shape index (κ1) is 18.6. The van der Waals surface area contributed by atoms with Crippen molar-refractivity contribution in [2.75, 3.05) is 0 Å². The Kier molecular flexibility index (Phi) is 5.47. The molecule has 0 aliphatic carbocycles. The SMILES string of the molecule is CC(CCc1ccco1)NC(=O)c1nnn(-c2ccccc2)c1-c1ccccn1. The first-order chi connectivity index (χ1) is 14.2. The Labute approximate surface area is 168 Å². The van der Waals surface area contributed by atoms with Gasteiger partial charge in [-0.25, -0.2) is 4.68 Å². The number of pyridine rings is 1. The molecule has 1 aromatic carbocycles. The van der Waals surface area contributed by atoms with Crippen molar-refractivity contribution in [3.05, 3.63) is 84.6 Å². The second kappa shape index (κ2) is 8.52. The fourth-order valence-corrected chi connectivity index (χ4v) is 3.10. The van der Waals surface area contributed by atoms with Crippen LogP contribution in [-0.2, 0) is 6.42 Å². The Hall–Kier alpha value is -3.74. The molecule has 1 N–H and O–H groups in total. The zero-order valence-electron chi connectivity index (χ0n) is 16.0. The number of carbonyl (C=O) groups excluding carboxylic acids is 1. The van der Waals surface area contributed by atoms with E-state index in [0.717, 1.165) is 24.3 Å². The summed E-state index contributed by atoms with van der Waals surface area (Å²) in [5.74, 6) is 0.620. The second-order valence-corrected chi connectivity index (χ2v) is 6.74. The molecule has 1 atom stereocenters. The highest BCUT2D eigenvalue weighted by atomic mass is 16.3. The van der Waals surface area contributed by atoms with Gasteiger partial charge in [-0.2, -0.15) is 0 Å². The number of hydrogen-bond donors (Lipinski definition) is 1. The lowest BCUT2D eigenvalue weighted by Gasteiger charge is -2.13. The van der Waals surface area contributed by atoms with E-state index in [9.17, 15) is 4.79 Å². The molecule has 7 heteroatoms. The summed E-state index contributed by atoms with van der Waals surface area (Å²) in [4.78, 5) is 17.4. The zero-order chi connectivity index (χ0) is 20.1. The molecule has 0 aliphatic rings. The molecule has 1 amide bonds. The summed E-state index contributed by atoms with van der Waals surface area (Å²) in [5, 5.41) is 11.4. The van der Waals surface area contributed by atoms with Crippen LogP contribution >= 0.6 is 0 Å². The maximum Gasteiger partial charge on any atom is 0.274 e. The molecular weight excluding hydrogens is 366 g/mol. The first-order valence-electron chi connectivity index (χ1n) is 9.48. The van der Waals surface area contributed by atoms with Gasteiger partial charge in [-0.3, -0.25) is 9.78 Å². The molecule has 3 heterocycles. The number of hydrogen-bond acceptors (Lipinski definition) is 5. The molecule has 1 unspecified atom stereocenters. The molecule has 0 fully saturated rings. The van der Waals surface area contributed by atoms with Crippen LogP contribution in [0.1, 0.15) is 29.6 Å². The molecule has 0 radical (unpaired) electrons. The van der Waals surface area contributed by atoms with Crippen LogP contribution in [0.3, 0.4) is 0 Å². The van der Waals surface area contributed by atoms with Crippen molar-refractivity contribution in [1.29, 1.82) is 0 Å². The standard InChI is InChI=1S/C22H21N5O2/c1-16(12-13-18-10-7-15-29-18)24-22(28)20-21(19-11-5-6-14-23-19)27(26-25-20)17-8-3-2-4-9-17/h2-11,14-16H,12-13H2,1H3,(H,24,28). The number of aromatic nitrogens is 4. The van der Waals surface area contributed by atoms with Gasteiger partial charge in [0.05, 0.1) is 17.6 Å². The van der Waals surface area contributed by atoms with E-state index in [1.165, 1.54) is 0 Å². The Morgan fingerprint density at radius 1 is 1.10 bits per heavy atom. The molecule has 4 aromatic rings. The third kappa shape index (κ3) is 4.24. The number of nitrogens with one attached hydrogen (secondary N) is 1. The van der Waals surface area contributed by atoms with Crippen LogP contribution in [0, 0.1) is 0 Å². The maximum atomic E-state index is 13.0. The smallest absolute Gasteiger partial charge is 0.274 e. The predicted molar refractivity (Wildman–Crippen MR) is 109 cm³/mol. The monoisotopic (exact) mass is 387 g/mol. The van der Waals surface area contributed by atoms with E-state index in [4.69, 9.17) is 4.42 Å². The molecule has 7 nitrogen and oxygen atoms in total. The van der Waals surface area contributed by atoms with Gasteiger partial charge in [-0.05, 0) is 49.7 Å². The van der Waals surface area contributed by atoms with Crippen molar-refractivity contribution in [3.63, 3.8) is 0 Å². The molecule has 4 rings (SSSR count). The summed E-state index contributed by atoms with van der Waals surface area (Å²) in [6.07, 6.45) is 4.84. The van der Waals surface area contributed by atoms with Crippen LogP contribution in [0.15, 0.2) is 77.5 Å². The number of carbonyl (C=O) groups is 1. The van der Waals surface area contributed by atoms with E-state index in [1.807, 2.05) is 67.6 Å². The van der Waals surface area contributed by atoms with Crippen LogP contribution in [0.4, 0.5) is 0 Å². The number of para-hydroxylation sites is 1. The minimum atomic E-state index is -0.278. The van der Waals surface area contributed by atoms with Crippen LogP contribution in [-0.4, -0.2) is 31.9 Å². The van der Waals surface area contributed by atoms with E-state index < -0.39 is 0 Å². The van der Waals surface area contributed by atoms with Crippen molar-refractivity contribution in [2.45, 2.75) is 25.8 Å². The minimum absolute atomic E-state index is 0.0499. The van der Waals surface area contributed by atoms with Gasteiger partial charge < -0.3 is 9.73 Å². The highest BCUT2D eigenvalue weighted by Gasteiger charge is 2.24. The summed E-state index contributed by atoms with van der Waals surface area (Å²) in [5.41, 5.74) is 2.25. The Morgan fingerprint density at radius 3 is 2.66 bits per heavy atom. The molecular formula is C22H21N5O2. The van der Waals surface area contributed by atoms with Crippen LogP contribution in [0.5, 0.6) is 0 Å². The van der Waals surface area contributed by atoms with Gasteiger partial charge in [-0.1, -0.05) is 29.5 Å². The number of amides is 1. The Morgan fingerprint density at radius 2 is 1.93 bits per heavy atom. The summed E-state index contributed by atoms with van der Waals surface area (Å²) >= 11 is 0. The van der Waals surface area contributed by atoms with Gasteiger partial charge in [0.15, 0.2) is 5.69 Å². The molecule has 29 heavy (non-hydrogen) atoms. The topological polar surface area (TPSA) is 85.8 Å². The lowest BCUT2D eigenvalue weighted by Crippen LogP contribution is -2.33. The van der Waals surface area contributed by atoms with E-state index in [1.54, 1.807) is 17.1 Å². The van der Waals surface area contributed by atoms with Gasteiger partial charge in [-0.15, -0.1) is 5.10 Å². The lowest BCUT2D eigenvalue weighted by atomic mass is 10.1. The molecule has 3 aromatic heterocycles. The van der Waals surface area contributed by atoms with E-state index in [0.29, 0.717) is 11.4 Å². The fraction of sp³-hybridized carbons (Fsp3) is 0.182. The molecule has 0 saturated carbocycles. The number of furan rings is 1. The lowest BCUT2D eigenvalue weighted by molar-refractivity contribution is 0.0933. The van der Waals surface area contributed by atoms with Crippen molar-refractivity contribution in [2.24, 2.45) is 0 Å². The number of nitrogens with zero attached hydrogens (tertiary/aromatic N) is 4. The number of aryl methyl sites for hydroxylation is 1. The van der Waals surface area contributed by atoms with E-state index in [2.05, 4.69) is 20.6 Å². The third-order valence-corrected chi connectivity index (χ3v) is 4.57. The van der Waals surface area contributed by atoms with Crippen molar-refractivity contribution < 1.29 is 9.21 Å². The normalized spacial score (nSPS) is 11.9. The van der Waals surface area contributed by atoms with Crippen LogP contribution in [0.2, 0.25) is 0 Å². The average molecular weight is 387 g/mol. The molecule has 0 aliphatic heterocycles. The summed E-state index contributed by atoms with van der Waals surface area (Å²) < 4.78 is 7.00. The van der Waals surface area contributed by atoms with Crippen molar-refractivity contribution in [3.8, 4) is 17.1 Å². The van der Waals surface area contributed by atoms with Gasteiger partial charge in [0.25, 0.3) is 5.91 Å².